The van der Waals surface area contributed by atoms with Gasteiger partial charge in [-0.15, -0.1) is 0 Å². The largest absolute Gasteiger partial charge is 0.495 e. The minimum absolute atomic E-state index is 0.0453. The van der Waals surface area contributed by atoms with Crippen LogP contribution in [0.15, 0.2) is 110 Å². The van der Waals surface area contributed by atoms with Gasteiger partial charge in [0.25, 0.3) is 11.8 Å². The molecule has 0 bridgehead atoms. The number of nitrogens with one attached hydrogen (secondary N) is 6. The number of aromatic nitrogens is 6. The van der Waals surface area contributed by atoms with Gasteiger partial charge in [-0.3, -0.25) is 19.6 Å². The van der Waals surface area contributed by atoms with E-state index in [0.29, 0.717) is 70.1 Å². The van der Waals surface area contributed by atoms with Gasteiger partial charge in [0.05, 0.1) is 67.8 Å². The second kappa shape index (κ2) is 17.8. The number of carbonyl (C=O) groups is 2. The van der Waals surface area contributed by atoms with Crippen molar-refractivity contribution in [3.05, 3.63) is 132 Å². The fraction of sp³-hybridized carbons (Fsp3) is 0.174. The maximum atomic E-state index is 13.5. The number of ether oxygens (including phenoxy) is 2. The van der Waals surface area contributed by atoms with E-state index in [0.717, 1.165) is 46.3 Å². The average Bonchev–Trinajstić information content (AvgIpc) is 3.91. The van der Waals surface area contributed by atoms with Gasteiger partial charge in [-0.2, -0.15) is 0 Å². The molecule has 2 aliphatic rings. The number of halogens is 2. The topological polar surface area (TPSA) is 213 Å². The van der Waals surface area contributed by atoms with E-state index in [2.05, 4.69) is 51.2 Å². The van der Waals surface area contributed by atoms with Gasteiger partial charge in [-0.1, -0.05) is 0 Å². The molecule has 6 heterocycles. The van der Waals surface area contributed by atoms with Crippen LogP contribution in [0.4, 0.5) is 31.8 Å². The molecule has 8 aromatic rings. The van der Waals surface area contributed by atoms with Crippen molar-refractivity contribution < 1.29 is 27.8 Å². The van der Waals surface area contributed by atoms with Crippen LogP contribution in [0.2, 0.25) is 0 Å². The molecule has 0 unspecified atom stereocenters. The van der Waals surface area contributed by atoms with Crippen LogP contribution >= 0.6 is 0 Å². The van der Waals surface area contributed by atoms with Crippen LogP contribution in [0.25, 0.3) is 44.6 Å². The molecule has 10 rings (SSSR count). The van der Waals surface area contributed by atoms with Gasteiger partial charge in [0.2, 0.25) is 0 Å². The third kappa shape index (κ3) is 8.99. The Bertz CT molecular complexity index is 3020. The van der Waals surface area contributed by atoms with Gasteiger partial charge in [0.1, 0.15) is 46.2 Å². The molecule has 4 aromatic heterocycles. The van der Waals surface area contributed by atoms with E-state index >= 15 is 0 Å². The molecule has 0 atom stereocenters. The zero-order valence-electron chi connectivity index (χ0n) is 34.6. The Hall–Kier alpha value is -7.96. The van der Waals surface area contributed by atoms with E-state index in [9.17, 15) is 18.4 Å². The van der Waals surface area contributed by atoms with Crippen LogP contribution < -0.4 is 36.5 Å². The Morgan fingerprint density at radius 2 is 1.20 bits per heavy atom. The predicted octanol–water partition coefficient (Wildman–Crippen LogP) is 6.52. The van der Waals surface area contributed by atoms with Crippen molar-refractivity contribution in [2.75, 3.05) is 51.0 Å². The first-order chi connectivity index (χ1) is 31.1. The second-order valence-electron chi connectivity index (χ2n) is 15.3. The van der Waals surface area contributed by atoms with E-state index in [4.69, 9.17) is 15.2 Å². The van der Waals surface area contributed by atoms with Gasteiger partial charge < -0.3 is 51.3 Å². The summed E-state index contributed by atoms with van der Waals surface area (Å²) in [6.45, 7) is 2.68. The Morgan fingerprint density at radius 3 is 1.69 bits per heavy atom. The predicted molar refractivity (Wildman–Crippen MR) is 239 cm³/mol. The van der Waals surface area contributed by atoms with Crippen LogP contribution in [-0.2, 0) is 0 Å². The fourth-order valence-electron chi connectivity index (χ4n) is 7.25. The van der Waals surface area contributed by atoms with Crippen LogP contribution in [0.1, 0.15) is 20.7 Å². The van der Waals surface area contributed by atoms with Crippen molar-refractivity contribution in [1.82, 2.24) is 45.4 Å². The van der Waals surface area contributed by atoms with Crippen molar-refractivity contribution in [3.63, 3.8) is 0 Å². The number of hydrogen-bond acceptors (Lipinski definition) is 12. The highest BCUT2D eigenvalue weighted by Gasteiger charge is 2.29. The highest BCUT2D eigenvalue weighted by atomic mass is 19.1. The minimum Gasteiger partial charge on any atom is -0.495 e. The molecule has 4 aromatic carbocycles. The molecule has 2 saturated heterocycles. The van der Waals surface area contributed by atoms with Crippen LogP contribution in [-0.4, -0.2) is 99.1 Å². The number of carbonyl (C=O) groups excluding carboxylic acids is 2. The number of aromatic amines is 2. The van der Waals surface area contributed by atoms with Crippen molar-refractivity contribution in [1.29, 1.82) is 0 Å². The molecular weight excluding hydrogens is 823 g/mol. The van der Waals surface area contributed by atoms with Gasteiger partial charge in [0, 0.05) is 65.2 Å². The Kier molecular flexibility index (Phi) is 11.5. The highest BCUT2D eigenvalue weighted by Crippen LogP contribution is 2.32. The zero-order chi connectivity index (χ0) is 44.3. The summed E-state index contributed by atoms with van der Waals surface area (Å²) in [5.74, 6) is 1.22. The van der Waals surface area contributed by atoms with Crippen molar-refractivity contribution in [3.8, 4) is 34.3 Å². The summed E-state index contributed by atoms with van der Waals surface area (Å²) in [5.41, 5.74) is 12.4. The quantitative estimate of drug-likeness (QED) is 0.0741. The summed E-state index contributed by atoms with van der Waals surface area (Å²) in [6.07, 6.45) is 6.44. The Balaban J connectivity index is 0.000000162. The molecular formula is C46H42F2N12O4. The van der Waals surface area contributed by atoms with Crippen LogP contribution in [0, 0.1) is 11.6 Å². The third-order valence-electron chi connectivity index (χ3n) is 10.7. The van der Waals surface area contributed by atoms with E-state index in [-0.39, 0.29) is 35.5 Å². The SMILES string of the molecule is COc1cc(C(=O)N2CC(N)C2)ccc1Nc1cncc(-c2cc3cc(F)ccc3[nH]2)n1.COc1cc(C(=O)NC2CNC2)ccc1Nc1cncc(-c2cc3cc(F)ccc3[nH]2)n1. The Labute approximate surface area is 364 Å². The summed E-state index contributed by atoms with van der Waals surface area (Å²) in [4.78, 5) is 50.9. The number of methoxy groups -OCH3 is 2. The first kappa shape index (κ1) is 41.4. The zero-order valence-corrected chi connectivity index (χ0v) is 34.6. The number of benzene rings is 4. The van der Waals surface area contributed by atoms with Crippen molar-refractivity contribution in [2.45, 2.75) is 12.1 Å². The fourth-order valence-corrected chi connectivity index (χ4v) is 7.25. The van der Waals surface area contributed by atoms with Gasteiger partial charge in [-0.25, -0.2) is 18.7 Å². The van der Waals surface area contributed by atoms with Crippen LogP contribution in [0.5, 0.6) is 11.5 Å². The molecule has 16 nitrogen and oxygen atoms in total. The monoisotopic (exact) mass is 864 g/mol. The standard InChI is InChI=1S/2C23H21FN6O2/c1-32-21-8-13(23(31)30-11-16(25)12-30)2-4-18(21)28-22-10-26-9-20(29-22)19-7-14-6-15(24)3-5-17(14)27-19;1-32-21-8-13(23(31)27-16-9-25-10-16)2-4-18(21)29-22-12-26-11-20(30-22)19-7-14-6-15(24)3-5-17(14)28-19/h2-10,16,27H,11-12,25H2,1H3,(H,28,29);2-8,11-12,16,25,28H,9-10H2,1H3,(H,27,31)(H,29,30). The minimum atomic E-state index is -0.296. The van der Waals surface area contributed by atoms with E-state index in [1.165, 1.54) is 24.3 Å². The first-order valence-corrected chi connectivity index (χ1v) is 20.3. The molecule has 2 aliphatic heterocycles. The average molecular weight is 865 g/mol. The molecule has 0 aliphatic carbocycles. The second-order valence-corrected chi connectivity index (χ2v) is 15.3. The molecule has 0 spiro atoms. The van der Waals surface area contributed by atoms with Gasteiger partial charge >= 0.3 is 0 Å². The number of anilines is 4. The van der Waals surface area contributed by atoms with Gasteiger partial charge in [0.15, 0.2) is 0 Å². The van der Waals surface area contributed by atoms with E-state index in [1.54, 1.807) is 92.4 Å². The maximum absolute atomic E-state index is 13.5. The molecule has 64 heavy (non-hydrogen) atoms. The highest BCUT2D eigenvalue weighted by molar-refractivity contribution is 5.97. The summed E-state index contributed by atoms with van der Waals surface area (Å²) >= 11 is 0. The molecule has 0 saturated carbocycles. The normalized spacial score (nSPS) is 13.7. The first-order valence-electron chi connectivity index (χ1n) is 20.3. The third-order valence-corrected chi connectivity index (χ3v) is 10.7. The molecule has 0 radical (unpaired) electrons. The lowest BCUT2D eigenvalue weighted by atomic mass is 10.1. The molecule has 18 heteroatoms. The number of nitrogens with zero attached hydrogens (tertiary/aromatic N) is 5. The number of fused-ring (bicyclic) bond motifs is 2. The number of amides is 2. The number of H-pyrrole nitrogens is 2. The summed E-state index contributed by atoms with van der Waals surface area (Å²) < 4.78 is 37.9. The Morgan fingerprint density at radius 1 is 0.688 bits per heavy atom. The maximum Gasteiger partial charge on any atom is 0.254 e. The number of hydrogen-bond donors (Lipinski definition) is 7. The molecule has 2 amide bonds. The lowest BCUT2D eigenvalue weighted by Crippen LogP contribution is -2.57. The van der Waals surface area contributed by atoms with E-state index < -0.39 is 0 Å². The number of rotatable bonds is 11. The summed E-state index contributed by atoms with van der Waals surface area (Å²) in [6, 6.07) is 23.4. The lowest BCUT2D eigenvalue weighted by molar-refractivity contribution is 0.0607. The molecule has 8 N–H and O–H groups in total. The van der Waals surface area contributed by atoms with Gasteiger partial charge in [-0.05, 0) is 84.9 Å². The van der Waals surface area contributed by atoms with Crippen LogP contribution in [0.3, 0.4) is 0 Å². The molecule has 324 valence electrons. The summed E-state index contributed by atoms with van der Waals surface area (Å²) in [5, 5.41) is 14.0. The van der Waals surface area contributed by atoms with Crippen molar-refractivity contribution >= 4 is 56.6 Å². The smallest absolute Gasteiger partial charge is 0.254 e. The van der Waals surface area contributed by atoms with Crippen molar-refractivity contribution in [2.24, 2.45) is 5.73 Å². The molecule has 2 fully saturated rings. The lowest BCUT2D eigenvalue weighted by Gasteiger charge is -2.36. The number of nitrogens with two attached hydrogens (primary N) is 1. The summed E-state index contributed by atoms with van der Waals surface area (Å²) in [7, 11) is 3.09. The number of likely N-dealkylation sites (tertiary alicyclic amines) is 1. The van der Waals surface area contributed by atoms with E-state index in [1.807, 2.05) is 12.1 Å².